The fourth-order valence-corrected chi connectivity index (χ4v) is 4.86. The van der Waals surface area contributed by atoms with Crippen LogP contribution in [0.4, 0.5) is 4.39 Å². The molecule has 0 aliphatic carbocycles. The predicted octanol–water partition coefficient (Wildman–Crippen LogP) is 4.28. The van der Waals surface area contributed by atoms with Crippen molar-refractivity contribution in [1.82, 2.24) is 20.0 Å². The maximum absolute atomic E-state index is 13.9. The van der Waals surface area contributed by atoms with Gasteiger partial charge in [0.15, 0.2) is 5.96 Å². The van der Waals surface area contributed by atoms with Crippen LogP contribution in [0.5, 0.6) is 0 Å². The van der Waals surface area contributed by atoms with Crippen LogP contribution in [0.1, 0.15) is 45.6 Å². The summed E-state index contributed by atoms with van der Waals surface area (Å²) in [6.07, 6.45) is 3.54. The van der Waals surface area contributed by atoms with E-state index in [1.54, 1.807) is 12.1 Å². The molecule has 0 bridgehead atoms. The van der Waals surface area contributed by atoms with Gasteiger partial charge in [0.1, 0.15) is 5.82 Å². The lowest BCUT2D eigenvalue weighted by Crippen LogP contribution is -2.41. The molecule has 2 saturated heterocycles. The first-order valence-corrected chi connectivity index (χ1v) is 12.3. The summed E-state index contributed by atoms with van der Waals surface area (Å²) >= 11 is 0. The van der Waals surface area contributed by atoms with Crippen molar-refractivity contribution in [3.8, 4) is 0 Å². The molecule has 0 amide bonds. The van der Waals surface area contributed by atoms with E-state index in [0.29, 0.717) is 12.5 Å². The Kier molecular flexibility index (Phi) is 12.3. The van der Waals surface area contributed by atoms with Crippen LogP contribution >= 0.6 is 24.0 Å². The lowest BCUT2D eigenvalue weighted by Gasteiger charge is -2.31. The van der Waals surface area contributed by atoms with Crippen LogP contribution < -0.4 is 5.32 Å². The molecule has 182 valence electrons. The Morgan fingerprint density at radius 2 is 1.75 bits per heavy atom. The summed E-state index contributed by atoms with van der Waals surface area (Å²) in [7, 11) is 0. The standard InChI is InChI=1S/C25H42FN5.HI/c1-4-27-25(31-16-13-22(19-31)18-29(5-2)6-3)28-17-21-11-14-30(15-12-21)20-23-9-7-8-10-24(23)26;/h7-10,21-22H,4-6,11-20H2,1-3H3,(H,27,28);1H. The van der Waals surface area contributed by atoms with E-state index in [1.807, 2.05) is 12.1 Å². The van der Waals surface area contributed by atoms with Gasteiger partial charge in [-0.05, 0) is 70.3 Å². The summed E-state index contributed by atoms with van der Waals surface area (Å²) in [4.78, 5) is 12.4. The topological polar surface area (TPSA) is 34.1 Å². The normalized spacial score (nSPS) is 20.6. The molecule has 3 rings (SSSR count). The van der Waals surface area contributed by atoms with Crippen molar-refractivity contribution in [2.24, 2.45) is 16.8 Å². The highest BCUT2D eigenvalue weighted by atomic mass is 127. The first-order valence-electron chi connectivity index (χ1n) is 12.3. The number of piperidine rings is 1. The minimum atomic E-state index is -0.0885. The quantitative estimate of drug-likeness (QED) is 0.278. The van der Waals surface area contributed by atoms with E-state index in [4.69, 9.17) is 4.99 Å². The molecule has 1 aromatic rings. The fraction of sp³-hybridized carbons (Fsp3) is 0.720. The Bertz CT molecular complexity index is 689. The maximum atomic E-state index is 13.9. The molecule has 1 unspecified atom stereocenters. The smallest absolute Gasteiger partial charge is 0.193 e. The van der Waals surface area contributed by atoms with E-state index >= 15 is 0 Å². The number of nitrogens with zero attached hydrogens (tertiary/aromatic N) is 4. The Morgan fingerprint density at radius 3 is 2.41 bits per heavy atom. The number of hydrogen-bond acceptors (Lipinski definition) is 3. The first-order chi connectivity index (χ1) is 15.1. The van der Waals surface area contributed by atoms with Gasteiger partial charge in [0.05, 0.1) is 0 Å². The molecule has 1 aromatic carbocycles. The second kappa shape index (κ2) is 14.4. The van der Waals surface area contributed by atoms with Crippen LogP contribution in [-0.4, -0.2) is 79.6 Å². The van der Waals surface area contributed by atoms with Crippen molar-refractivity contribution in [2.75, 3.05) is 58.9 Å². The zero-order chi connectivity index (χ0) is 22.1. The summed E-state index contributed by atoms with van der Waals surface area (Å²) in [6, 6.07) is 7.15. The van der Waals surface area contributed by atoms with E-state index in [2.05, 4.69) is 40.8 Å². The Morgan fingerprint density at radius 1 is 1.06 bits per heavy atom. The van der Waals surface area contributed by atoms with Crippen molar-refractivity contribution in [2.45, 2.75) is 46.6 Å². The zero-order valence-corrected chi connectivity index (χ0v) is 22.6. The van der Waals surface area contributed by atoms with Gasteiger partial charge >= 0.3 is 0 Å². The van der Waals surface area contributed by atoms with Crippen LogP contribution in [0.3, 0.4) is 0 Å². The Hall–Kier alpha value is -0.930. The fourth-order valence-electron chi connectivity index (χ4n) is 4.86. The number of nitrogens with one attached hydrogen (secondary N) is 1. The van der Waals surface area contributed by atoms with Gasteiger partial charge in [-0.15, -0.1) is 24.0 Å². The molecule has 1 atom stereocenters. The summed E-state index contributed by atoms with van der Waals surface area (Å²) in [6.45, 7) is 16.9. The minimum absolute atomic E-state index is 0. The number of likely N-dealkylation sites (tertiary alicyclic amines) is 2. The maximum Gasteiger partial charge on any atom is 0.193 e. The van der Waals surface area contributed by atoms with Gasteiger partial charge in [-0.1, -0.05) is 32.0 Å². The van der Waals surface area contributed by atoms with Gasteiger partial charge in [-0.2, -0.15) is 0 Å². The van der Waals surface area contributed by atoms with Crippen LogP contribution in [0.25, 0.3) is 0 Å². The van der Waals surface area contributed by atoms with E-state index in [0.717, 1.165) is 82.6 Å². The monoisotopic (exact) mass is 559 g/mol. The number of guanidine groups is 1. The lowest BCUT2D eigenvalue weighted by atomic mass is 9.96. The average molecular weight is 560 g/mol. The summed E-state index contributed by atoms with van der Waals surface area (Å²) in [5.41, 5.74) is 0.807. The van der Waals surface area contributed by atoms with Gasteiger partial charge in [-0.25, -0.2) is 4.39 Å². The molecule has 1 N–H and O–H groups in total. The largest absolute Gasteiger partial charge is 0.357 e. The van der Waals surface area contributed by atoms with Gasteiger partial charge < -0.3 is 15.1 Å². The number of rotatable bonds is 9. The lowest BCUT2D eigenvalue weighted by molar-refractivity contribution is 0.178. The molecule has 2 fully saturated rings. The van der Waals surface area contributed by atoms with Crippen LogP contribution in [0, 0.1) is 17.7 Å². The van der Waals surface area contributed by atoms with Gasteiger partial charge in [-0.3, -0.25) is 9.89 Å². The molecule has 0 saturated carbocycles. The molecule has 0 aromatic heterocycles. The second-order valence-electron chi connectivity index (χ2n) is 9.09. The number of aliphatic imine (C=N–C) groups is 1. The number of halogens is 2. The van der Waals surface area contributed by atoms with Gasteiger partial charge in [0.2, 0.25) is 0 Å². The van der Waals surface area contributed by atoms with Gasteiger partial charge in [0.25, 0.3) is 0 Å². The van der Waals surface area contributed by atoms with Crippen molar-refractivity contribution < 1.29 is 4.39 Å². The minimum Gasteiger partial charge on any atom is -0.357 e. The SMILES string of the molecule is CCNC(=NCC1CCN(Cc2ccccc2F)CC1)N1CCC(CN(CC)CC)C1.I. The van der Waals surface area contributed by atoms with Crippen LogP contribution in [0.15, 0.2) is 29.3 Å². The zero-order valence-electron chi connectivity index (χ0n) is 20.2. The molecular weight excluding hydrogens is 516 g/mol. The summed E-state index contributed by atoms with van der Waals surface area (Å²) < 4.78 is 13.9. The third-order valence-corrected chi connectivity index (χ3v) is 6.89. The van der Waals surface area contributed by atoms with Crippen LogP contribution in [0.2, 0.25) is 0 Å². The highest BCUT2D eigenvalue weighted by molar-refractivity contribution is 14.0. The third kappa shape index (κ3) is 8.13. The number of benzene rings is 1. The summed E-state index contributed by atoms with van der Waals surface area (Å²) in [5.74, 6) is 2.37. The molecule has 2 heterocycles. The van der Waals surface area contributed by atoms with E-state index in [1.165, 1.54) is 13.0 Å². The molecule has 0 radical (unpaired) electrons. The Balaban J connectivity index is 0.00000363. The molecule has 32 heavy (non-hydrogen) atoms. The average Bonchev–Trinajstić information content (AvgIpc) is 3.26. The molecule has 2 aliphatic heterocycles. The van der Waals surface area contributed by atoms with Crippen LogP contribution in [-0.2, 0) is 6.54 Å². The van der Waals surface area contributed by atoms with Crippen molar-refractivity contribution >= 4 is 29.9 Å². The predicted molar refractivity (Wildman–Crippen MR) is 143 cm³/mol. The van der Waals surface area contributed by atoms with Crippen molar-refractivity contribution in [3.05, 3.63) is 35.6 Å². The second-order valence-corrected chi connectivity index (χ2v) is 9.09. The van der Waals surface area contributed by atoms with E-state index < -0.39 is 0 Å². The number of hydrogen-bond donors (Lipinski definition) is 1. The molecule has 0 spiro atoms. The highest BCUT2D eigenvalue weighted by Crippen LogP contribution is 2.21. The third-order valence-electron chi connectivity index (χ3n) is 6.89. The van der Waals surface area contributed by atoms with Crippen molar-refractivity contribution in [3.63, 3.8) is 0 Å². The van der Waals surface area contributed by atoms with Gasteiger partial charge in [0, 0.05) is 44.8 Å². The highest BCUT2D eigenvalue weighted by Gasteiger charge is 2.26. The molecular formula is C25H43FIN5. The van der Waals surface area contributed by atoms with E-state index in [-0.39, 0.29) is 29.8 Å². The molecule has 5 nitrogen and oxygen atoms in total. The summed E-state index contributed by atoms with van der Waals surface area (Å²) in [5, 5.41) is 3.52. The first kappa shape index (κ1) is 27.3. The van der Waals surface area contributed by atoms with Crippen molar-refractivity contribution in [1.29, 1.82) is 0 Å². The Labute approximate surface area is 211 Å². The molecule has 2 aliphatic rings. The molecule has 7 heteroatoms. The van der Waals surface area contributed by atoms with E-state index in [9.17, 15) is 4.39 Å².